The van der Waals surface area contributed by atoms with Gasteiger partial charge in [-0.3, -0.25) is 9.53 Å². The lowest BCUT2D eigenvalue weighted by molar-refractivity contribution is -0.344. The number of aromatic nitrogens is 2. The molecule has 20 heavy (non-hydrogen) atoms. The van der Waals surface area contributed by atoms with Crippen molar-refractivity contribution in [3.05, 3.63) is 22.1 Å². The summed E-state index contributed by atoms with van der Waals surface area (Å²) in [5.74, 6) is 0. The van der Waals surface area contributed by atoms with Crippen LogP contribution < -0.4 is 10.5 Å². The van der Waals surface area contributed by atoms with Crippen LogP contribution in [0.5, 0.6) is 0 Å². The lowest BCUT2D eigenvalue weighted by Crippen LogP contribution is -2.55. The van der Waals surface area contributed by atoms with Crippen molar-refractivity contribution < 1.29 is 31.1 Å². The molecule has 0 radical (unpaired) electrons. The van der Waals surface area contributed by atoms with Gasteiger partial charge in [-0.05, 0) is 0 Å². The van der Waals surface area contributed by atoms with E-state index in [1.165, 1.54) is 0 Å². The zero-order chi connectivity index (χ0) is 15.1. The number of aromatic amines is 1. The molecule has 0 spiro atoms. The number of alkyl halides is 6. The van der Waals surface area contributed by atoms with Crippen molar-refractivity contribution in [3.8, 4) is 0 Å². The molecule has 0 unspecified atom stereocenters. The lowest BCUT2D eigenvalue weighted by Gasteiger charge is -2.41. The van der Waals surface area contributed by atoms with Crippen molar-refractivity contribution in [1.29, 1.82) is 0 Å². The highest BCUT2D eigenvalue weighted by Gasteiger charge is 2.44. The van der Waals surface area contributed by atoms with Gasteiger partial charge in [0.1, 0.15) is 11.7 Å². The van der Waals surface area contributed by atoms with Gasteiger partial charge in [-0.25, -0.2) is 5.10 Å². The molecule has 1 aromatic heterocycles. The zero-order valence-corrected chi connectivity index (χ0v) is 9.55. The summed E-state index contributed by atoms with van der Waals surface area (Å²) in [6.07, 6.45) is -10.3. The number of anilines is 1. The van der Waals surface area contributed by atoms with Gasteiger partial charge in [0.2, 0.25) is 0 Å². The molecular formula is C9H7F6N3O2. The third kappa shape index (κ3) is 3.03. The summed E-state index contributed by atoms with van der Waals surface area (Å²) >= 11 is 0. The summed E-state index contributed by atoms with van der Waals surface area (Å²) in [7, 11) is 0. The van der Waals surface area contributed by atoms with Gasteiger partial charge in [-0.1, -0.05) is 0 Å². The molecule has 1 aromatic rings. The van der Waals surface area contributed by atoms with Crippen LogP contribution >= 0.6 is 0 Å². The highest BCUT2D eigenvalue weighted by atomic mass is 19.4. The van der Waals surface area contributed by atoms with Crippen LogP contribution in [-0.2, 0) is 10.9 Å². The number of hydrogen-bond donors (Lipinski definition) is 1. The molecule has 0 aliphatic carbocycles. The molecule has 5 nitrogen and oxygen atoms in total. The monoisotopic (exact) mass is 303 g/mol. The SMILES string of the molecule is O=c1[nH]ncc(N2CC(OC(F)(F)F)C2)c1C(F)(F)F. The Morgan fingerprint density at radius 1 is 1.25 bits per heavy atom. The molecule has 0 saturated carbocycles. The first kappa shape index (κ1) is 14.6. The fraction of sp³-hybridized carbons (Fsp3) is 0.556. The summed E-state index contributed by atoms with van der Waals surface area (Å²) in [4.78, 5) is 12.1. The number of H-pyrrole nitrogens is 1. The third-order valence-electron chi connectivity index (χ3n) is 2.61. The largest absolute Gasteiger partial charge is 0.522 e. The number of nitrogens with one attached hydrogen (secondary N) is 1. The molecule has 2 rings (SSSR count). The van der Waals surface area contributed by atoms with E-state index in [1.54, 1.807) is 5.10 Å². The lowest BCUT2D eigenvalue weighted by atomic mass is 10.1. The second-order valence-electron chi connectivity index (χ2n) is 4.05. The first-order valence-electron chi connectivity index (χ1n) is 5.22. The number of ether oxygens (including phenoxy) is 1. The topological polar surface area (TPSA) is 58.2 Å². The molecule has 2 heterocycles. The standard InChI is InChI=1S/C9H7F6N3O2/c10-8(11,12)6-5(1-16-17-7(6)19)18-2-4(3-18)20-9(13,14)15/h1,4H,2-3H2,(H,17,19). The average Bonchev–Trinajstić information content (AvgIpc) is 2.19. The fourth-order valence-electron chi connectivity index (χ4n) is 1.80. The third-order valence-corrected chi connectivity index (χ3v) is 2.61. The maximum atomic E-state index is 12.7. The van der Waals surface area contributed by atoms with Crippen molar-refractivity contribution in [2.45, 2.75) is 18.6 Å². The second kappa shape index (κ2) is 4.65. The molecular weight excluding hydrogens is 296 g/mol. The maximum Gasteiger partial charge on any atom is 0.522 e. The van der Waals surface area contributed by atoms with Crippen LogP contribution in [0, 0.1) is 0 Å². The first-order chi connectivity index (χ1) is 9.08. The van der Waals surface area contributed by atoms with Crippen molar-refractivity contribution in [2.24, 2.45) is 0 Å². The predicted molar refractivity (Wildman–Crippen MR) is 53.0 cm³/mol. The average molecular weight is 303 g/mol. The second-order valence-corrected chi connectivity index (χ2v) is 4.05. The minimum Gasteiger partial charge on any atom is -0.364 e. The van der Waals surface area contributed by atoms with Crippen LogP contribution in [0.15, 0.2) is 11.0 Å². The predicted octanol–water partition coefficient (Wildman–Crippen LogP) is 1.51. The normalized spacial score (nSPS) is 17.2. The van der Waals surface area contributed by atoms with Crippen LogP contribution in [0.3, 0.4) is 0 Å². The van der Waals surface area contributed by atoms with Crippen LogP contribution in [0.2, 0.25) is 0 Å². The molecule has 0 amide bonds. The highest BCUT2D eigenvalue weighted by molar-refractivity contribution is 5.54. The van der Waals surface area contributed by atoms with Gasteiger partial charge in [0.05, 0.1) is 11.9 Å². The van der Waals surface area contributed by atoms with Crippen LogP contribution in [0.4, 0.5) is 32.0 Å². The Hall–Kier alpha value is -1.78. The minimum atomic E-state index is -4.93. The molecule has 0 atom stereocenters. The summed E-state index contributed by atoms with van der Waals surface area (Å²) in [6, 6.07) is 0. The first-order valence-corrected chi connectivity index (χ1v) is 5.22. The molecule has 1 aliphatic rings. The van der Waals surface area contributed by atoms with Crippen molar-refractivity contribution in [3.63, 3.8) is 0 Å². The Labute approximate surface area is 107 Å². The van der Waals surface area contributed by atoms with Crippen LogP contribution in [0.1, 0.15) is 5.56 Å². The van der Waals surface area contributed by atoms with Gasteiger partial charge in [0.25, 0.3) is 5.56 Å². The highest BCUT2D eigenvalue weighted by Crippen LogP contribution is 2.36. The number of rotatable bonds is 2. The van der Waals surface area contributed by atoms with E-state index in [0.717, 1.165) is 11.1 Å². The summed E-state index contributed by atoms with van der Waals surface area (Å²) in [6.45, 7) is -0.818. The molecule has 0 aromatic carbocycles. The van der Waals surface area contributed by atoms with Crippen LogP contribution in [-0.4, -0.2) is 35.8 Å². The number of halogens is 6. The van der Waals surface area contributed by atoms with E-state index in [9.17, 15) is 31.1 Å². The molecule has 1 saturated heterocycles. The molecule has 1 N–H and O–H groups in total. The van der Waals surface area contributed by atoms with E-state index in [4.69, 9.17) is 0 Å². The van der Waals surface area contributed by atoms with Crippen molar-refractivity contribution in [2.75, 3.05) is 18.0 Å². The van der Waals surface area contributed by atoms with E-state index < -0.39 is 48.5 Å². The van der Waals surface area contributed by atoms with E-state index in [0.29, 0.717) is 0 Å². The Bertz CT molecular complexity index is 546. The molecule has 11 heteroatoms. The quantitative estimate of drug-likeness (QED) is 0.842. The zero-order valence-electron chi connectivity index (χ0n) is 9.55. The summed E-state index contributed by atoms with van der Waals surface area (Å²) < 4.78 is 77.5. The van der Waals surface area contributed by atoms with Gasteiger partial charge in [-0.15, -0.1) is 13.2 Å². The maximum absolute atomic E-state index is 12.7. The summed E-state index contributed by atoms with van der Waals surface area (Å²) in [5, 5.41) is 4.85. The van der Waals surface area contributed by atoms with Gasteiger partial charge in [0.15, 0.2) is 0 Å². The van der Waals surface area contributed by atoms with Crippen molar-refractivity contribution in [1.82, 2.24) is 10.2 Å². The van der Waals surface area contributed by atoms with Gasteiger partial charge >= 0.3 is 12.5 Å². The van der Waals surface area contributed by atoms with E-state index in [-0.39, 0.29) is 0 Å². The molecule has 1 aliphatic heterocycles. The summed E-state index contributed by atoms with van der Waals surface area (Å²) in [5.41, 5.74) is -3.50. The Morgan fingerprint density at radius 2 is 1.85 bits per heavy atom. The molecule has 1 fully saturated rings. The Morgan fingerprint density at radius 3 is 2.35 bits per heavy atom. The molecule has 0 bridgehead atoms. The van der Waals surface area contributed by atoms with Gasteiger partial charge in [-0.2, -0.15) is 18.3 Å². The smallest absolute Gasteiger partial charge is 0.364 e. The molecule has 112 valence electrons. The van der Waals surface area contributed by atoms with Crippen molar-refractivity contribution >= 4 is 5.69 Å². The van der Waals surface area contributed by atoms with Gasteiger partial charge < -0.3 is 4.90 Å². The Kier molecular flexibility index (Phi) is 3.40. The minimum absolute atomic E-state index is 0.409. The number of nitrogens with zero attached hydrogens (tertiary/aromatic N) is 2. The van der Waals surface area contributed by atoms with Crippen LogP contribution in [0.25, 0.3) is 0 Å². The Balaban J connectivity index is 2.17. The van der Waals surface area contributed by atoms with E-state index in [2.05, 4.69) is 9.84 Å². The fourth-order valence-corrected chi connectivity index (χ4v) is 1.80. The van der Waals surface area contributed by atoms with E-state index in [1.807, 2.05) is 0 Å². The van der Waals surface area contributed by atoms with E-state index >= 15 is 0 Å². The number of hydrogen-bond acceptors (Lipinski definition) is 4. The van der Waals surface area contributed by atoms with Gasteiger partial charge in [0, 0.05) is 13.1 Å².